The molecule has 138 valence electrons. The van der Waals surface area contributed by atoms with Crippen molar-refractivity contribution in [3.8, 4) is 0 Å². The summed E-state index contributed by atoms with van der Waals surface area (Å²) in [5, 5.41) is 8.46. The highest BCUT2D eigenvalue weighted by Crippen LogP contribution is 2.29. The van der Waals surface area contributed by atoms with Crippen molar-refractivity contribution in [2.24, 2.45) is 0 Å². The van der Waals surface area contributed by atoms with E-state index >= 15 is 0 Å². The zero-order valence-corrected chi connectivity index (χ0v) is 15.7. The van der Waals surface area contributed by atoms with Crippen molar-refractivity contribution in [3.05, 3.63) is 76.4 Å². The van der Waals surface area contributed by atoms with E-state index < -0.39 is 0 Å². The molecular weight excluding hydrogens is 365 g/mol. The molecule has 7 heteroatoms. The van der Waals surface area contributed by atoms with Crippen LogP contribution in [0.15, 0.2) is 53.1 Å². The van der Waals surface area contributed by atoms with Crippen LogP contribution in [0.3, 0.4) is 0 Å². The van der Waals surface area contributed by atoms with Crippen LogP contribution in [-0.2, 0) is 6.54 Å². The maximum atomic E-state index is 13.1. The molecule has 5 nitrogen and oxygen atoms in total. The molecule has 0 fully saturated rings. The summed E-state index contributed by atoms with van der Waals surface area (Å²) in [6, 6.07) is 11.6. The maximum absolute atomic E-state index is 13.1. The largest absolute Gasteiger partial charge is 0.467 e. The monoisotopic (exact) mass is 383 g/mol. The Morgan fingerprint density at radius 2 is 2.11 bits per heavy atom. The number of nitrogens with zero attached hydrogens (tertiary/aromatic N) is 2. The average molecular weight is 383 g/mol. The van der Waals surface area contributed by atoms with E-state index in [1.54, 1.807) is 24.5 Å². The van der Waals surface area contributed by atoms with Gasteiger partial charge < -0.3 is 9.73 Å². The molecule has 0 aliphatic rings. The van der Waals surface area contributed by atoms with Gasteiger partial charge in [-0.25, -0.2) is 4.39 Å². The molecule has 1 atom stereocenters. The molecule has 3 aromatic heterocycles. The van der Waals surface area contributed by atoms with Gasteiger partial charge in [0.05, 0.1) is 29.4 Å². The summed E-state index contributed by atoms with van der Waals surface area (Å²) in [5.74, 6) is 0.303. The molecule has 3 heterocycles. The topological polar surface area (TPSA) is 60.1 Å². The number of nitrogens with one attached hydrogen (secondary N) is 1. The molecule has 0 bridgehead atoms. The summed E-state index contributed by atoms with van der Waals surface area (Å²) in [4.78, 5) is 14.2. The van der Waals surface area contributed by atoms with E-state index in [0.29, 0.717) is 17.2 Å². The van der Waals surface area contributed by atoms with Gasteiger partial charge in [0.1, 0.15) is 16.4 Å². The second kappa shape index (κ2) is 7.00. The van der Waals surface area contributed by atoms with Gasteiger partial charge in [-0.1, -0.05) is 12.1 Å². The number of fused-ring (bicyclic) bond motifs is 1. The normalized spacial score (nSPS) is 12.4. The first-order chi connectivity index (χ1) is 13.0. The molecule has 1 N–H and O–H groups in total. The van der Waals surface area contributed by atoms with Crippen LogP contribution in [0, 0.1) is 12.7 Å². The Morgan fingerprint density at radius 3 is 2.81 bits per heavy atom. The van der Waals surface area contributed by atoms with Gasteiger partial charge in [0.2, 0.25) is 0 Å². The molecule has 0 spiro atoms. The van der Waals surface area contributed by atoms with Crippen molar-refractivity contribution in [2.45, 2.75) is 26.4 Å². The number of carbonyl (C=O) groups excluding carboxylic acids is 1. The second-order valence-electron chi connectivity index (χ2n) is 6.41. The minimum atomic E-state index is -0.263. The van der Waals surface area contributed by atoms with E-state index in [4.69, 9.17) is 4.42 Å². The number of amides is 1. The number of hydrogen-bond donors (Lipinski definition) is 1. The summed E-state index contributed by atoms with van der Waals surface area (Å²) in [6.45, 7) is 4.32. The number of halogens is 1. The van der Waals surface area contributed by atoms with Gasteiger partial charge >= 0.3 is 0 Å². The number of hydrogen-bond acceptors (Lipinski definition) is 4. The van der Waals surface area contributed by atoms with E-state index in [2.05, 4.69) is 10.4 Å². The highest BCUT2D eigenvalue weighted by molar-refractivity contribution is 7.20. The lowest BCUT2D eigenvalue weighted by Gasteiger charge is -2.10. The van der Waals surface area contributed by atoms with Crippen LogP contribution >= 0.6 is 11.3 Å². The van der Waals surface area contributed by atoms with Crippen LogP contribution in [0.2, 0.25) is 0 Å². The van der Waals surface area contributed by atoms with Crippen LogP contribution < -0.4 is 5.32 Å². The second-order valence-corrected chi connectivity index (χ2v) is 7.44. The summed E-state index contributed by atoms with van der Waals surface area (Å²) < 4.78 is 20.3. The molecule has 0 unspecified atom stereocenters. The van der Waals surface area contributed by atoms with Gasteiger partial charge in [-0.3, -0.25) is 9.48 Å². The predicted molar refractivity (Wildman–Crippen MR) is 102 cm³/mol. The fourth-order valence-corrected chi connectivity index (χ4v) is 4.04. The van der Waals surface area contributed by atoms with Gasteiger partial charge in [-0.05, 0) is 49.7 Å². The SMILES string of the molecule is Cc1nn(Cc2ccc(F)cc2)c2sc(C(=O)N[C@@H](C)c3ccco3)cc12. The van der Waals surface area contributed by atoms with Crippen molar-refractivity contribution < 1.29 is 13.6 Å². The van der Waals surface area contributed by atoms with Crippen molar-refractivity contribution in [1.82, 2.24) is 15.1 Å². The first-order valence-electron chi connectivity index (χ1n) is 8.57. The summed E-state index contributed by atoms with van der Waals surface area (Å²) >= 11 is 1.40. The Kier molecular flexibility index (Phi) is 4.53. The molecule has 4 rings (SSSR count). The van der Waals surface area contributed by atoms with Crippen LogP contribution in [0.1, 0.15) is 39.7 Å². The van der Waals surface area contributed by atoms with Crippen molar-refractivity contribution in [3.63, 3.8) is 0 Å². The summed E-state index contributed by atoms with van der Waals surface area (Å²) in [7, 11) is 0. The zero-order valence-electron chi connectivity index (χ0n) is 14.9. The number of rotatable bonds is 5. The Hall–Kier alpha value is -2.93. The highest BCUT2D eigenvalue weighted by Gasteiger charge is 2.19. The first-order valence-corrected chi connectivity index (χ1v) is 9.38. The minimum Gasteiger partial charge on any atom is -0.467 e. The third-order valence-electron chi connectivity index (χ3n) is 4.39. The van der Waals surface area contributed by atoms with E-state index in [-0.39, 0.29) is 17.8 Å². The average Bonchev–Trinajstić information content (AvgIpc) is 3.37. The van der Waals surface area contributed by atoms with E-state index in [9.17, 15) is 9.18 Å². The number of thiophene rings is 1. The van der Waals surface area contributed by atoms with Crippen LogP contribution in [0.25, 0.3) is 10.2 Å². The Balaban J connectivity index is 1.58. The summed E-state index contributed by atoms with van der Waals surface area (Å²) in [6.07, 6.45) is 1.59. The predicted octanol–water partition coefficient (Wildman–Crippen LogP) is 4.68. The van der Waals surface area contributed by atoms with Crippen LogP contribution in [-0.4, -0.2) is 15.7 Å². The number of benzene rings is 1. The van der Waals surface area contributed by atoms with E-state index in [1.165, 1.54) is 23.5 Å². The zero-order chi connectivity index (χ0) is 19.0. The van der Waals surface area contributed by atoms with Gasteiger partial charge in [0, 0.05) is 5.39 Å². The molecule has 0 radical (unpaired) electrons. The molecule has 0 saturated carbocycles. The lowest BCUT2D eigenvalue weighted by molar-refractivity contribution is 0.0939. The number of carbonyl (C=O) groups is 1. The van der Waals surface area contributed by atoms with Crippen LogP contribution in [0.5, 0.6) is 0 Å². The first kappa shape index (κ1) is 17.5. The quantitative estimate of drug-likeness (QED) is 0.544. The molecule has 0 aliphatic heterocycles. The molecule has 1 amide bonds. The number of aromatic nitrogens is 2. The van der Waals surface area contributed by atoms with E-state index in [0.717, 1.165) is 21.5 Å². The molecule has 0 saturated heterocycles. The summed E-state index contributed by atoms with van der Waals surface area (Å²) in [5.41, 5.74) is 1.81. The third kappa shape index (κ3) is 3.50. The Labute approximate surface area is 159 Å². The van der Waals surface area contributed by atoms with Crippen LogP contribution in [0.4, 0.5) is 4.39 Å². The maximum Gasteiger partial charge on any atom is 0.262 e. The van der Waals surface area contributed by atoms with Gasteiger partial charge in [0.25, 0.3) is 5.91 Å². The van der Waals surface area contributed by atoms with Gasteiger partial charge in [-0.2, -0.15) is 5.10 Å². The van der Waals surface area contributed by atoms with Gasteiger partial charge in [0.15, 0.2) is 0 Å². The number of aryl methyl sites for hydroxylation is 1. The standard InChI is InChI=1S/C20H18FN3O2S/c1-12-16-10-18(19(25)22-13(2)17-4-3-9-26-17)27-20(16)24(23-12)11-14-5-7-15(21)8-6-14/h3-10,13H,11H2,1-2H3,(H,22,25)/t13-/m0/s1. The van der Waals surface area contributed by atoms with Gasteiger partial charge in [-0.15, -0.1) is 11.3 Å². The number of furan rings is 1. The minimum absolute atomic E-state index is 0.146. The Bertz CT molecular complexity index is 1080. The van der Waals surface area contributed by atoms with Crippen molar-refractivity contribution in [1.29, 1.82) is 0 Å². The highest BCUT2D eigenvalue weighted by atomic mass is 32.1. The fourth-order valence-electron chi connectivity index (χ4n) is 2.97. The fraction of sp³-hybridized carbons (Fsp3) is 0.200. The lowest BCUT2D eigenvalue weighted by atomic mass is 10.2. The molecule has 27 heavy (non-hydrogen) atoms. The molecule has 4 aromatic rings. The molecule has 1 aromatic carbocycles. The van der Waals surface area contributed by atoms with Crippen molar-refractivity contribution in [2.75, 3.05) is 0 Å². The lowest BCUT2D eigenvalue weighted by Crippen LogP contribution is -2.25. The van der Waals surface area contributed by atoms with Crippen molar-refractivity contribution >= 4 is 27.5 Å². The Morgan fingerprint density at radius 1 is 1.33 bits per heavy atom. The smallest absolute Gasteiger partial charge is 0.262 e. The van der Waals surface area contributed by atoms with E-state index in [1.807, 2.05) is 30.7 Å². The third-order valence-corrected chi connectivity index (χ3v) is 5.54. The molecular formula is C20H18FN3O2S. The molecule has 0 aliphatic carbocycles.